The average Bonchev–Trinajstić information content (AvgIpc) is 2.88. The van der Waals surface area contributed by atoms with E-state index in [1.165, 1.54) is 37.8 Å². The molecule has 1 aliphatic rings. The number of nitrogens with one attached hydrogen (secondary N) is 1. The highest BCUT2D eigenvalue weighted by Gasteiger charge is 2.18. The third-order valence-electron chi connectivity index (χ3n) is 3.71. The summed E-state index contributed by atoms with van der Waals surface area (Å²) < 4.78 is 26.5. The lowest BCUT2D eigenvalue weighted by atomic mass is 10.0. The van der Waals surface area contributed by atoms with Gasteiger partial charge in [-0.2, -0.15) is 0 Å². The maximum absolute atomic E-state index is 12.0. The van der Waals surface area contributed by atoms with E-state index in [1.807, 2.05) is 0 Å². The van der Waals surface area contributed by atoms with Crippen LogP contribution >= 0.6 is 0 Å². The molecule has 106 valence electrons. The summed E-state index contributed by atoms with van der Waals surface area (Å²) in [5.41, 5.74) is 0. The third kappa shape index (κ3) is 3.94. The Labute approximate surface area is 114 Å². The standard InChI is InChI=1S/C14H21NO3S/c16-13-9-3-4-10-14(13)19(17,18)15-11-5-8-12-6-1-2-7-12/h3-4,9-10,12,15-16H,1-2,5-8,11H2. The topological polar surface area (TPSA) is 66.4 Å². The van der Waals surface area contributed by atoms with Gasteiger partial charge < -0.3 is 5.11 Å². The Balaban J connectivity index is 1.82. The van der Waals surface area contributed by atoms with Crippen molar-refractivity contribution in [3.63, 3.8) is 0 Å². The summed E-state index contributed by atoms with van der Waals surface area (Å²) in [6.45, 7) is 0.438. The second-order valence-electron chi connectivity index (χ2n) is 5.16. The minimum absolute atomic E-state index is 0.0455. The SMILES string of the molecule is O=S(=O)(NCCCC1CCCC1)c1ccccc1O. The molecular formula is C14H21NO3S. The van der Waals surface area contributed by atoms with E-state index in [0.29, 0.717) is 6.54 Å². The van der Waals surface area contributed by atoms with Gasteiger partial charge >= 0.3 is 0 Å². The van der Waals surface area contributed by atoms with Gasteiger partial charge in [-0.3, -0.25) is 0 Å². The van der Waals surface area contributed by atoms with Gasteiger partial charge in [-0.05, 0) is 30.9 Å². The summed E-state index contributed by atoms with van der Waals surface area (Å²) in [4.78, 5) is -0.0455. The highest BCUT2D eigenvalue weighted by Crippen LogP contribution is 2.28. The molecule has 0 aromatic heterocycles. The van der Waals surface area contributed by atoms with Crippen LogP contribution in [-0.4, -0.2) is 20.1 Å². The zero-order chi connectivity index (χ0) is 13.7. The molecule has 0 aliphatic heterocycles. The molecule has 1 aliphatic carbocycles. The summed E-state index contributed by atoms with van der Waals surface area (Å²) in [5, 5.41) is 9.56. The van der Waals surface area contributed by atoms with Crippen molar-refractivity contribution in [1.29, 1.82) is 0 Å². The van der Waals surface area contributed by atoms with E-state index in [4.69, 9.17) is 0 Å². The molecule has 0 radical (unpaired) electrons. The molecule has 1 aromatic rings. The summed E-state index contributed by atoms with van der Waals surface area (Å²) in [5.74, 6) is 0.570. The van der Waals surface area contributed by atoms with Gasteiger partial charge in [-0.15, -0.1) is 0 Å². The Kier molecular flexibility index (Phi) is 4.82. The van der Waals surface area contributed by atoms with E-state index < -0.39 is 10.0 Å². The van der Waals surface area contributed by atoms with Gasteiger partial charge in [-0.1, -0.05) is 37.8 Å². The van der Waals surface area contributed by atoms with Crippen LogP contribution in [0.4, 0.5) is 0 Å². The molecule has 0 atom stereocenters. The number of hydrogen-bond donors (Lipinski definition) is 2. The van der Waals surface area contributed by atoms with Crippen molar-refractivity contribution >= 4 is 10.0 Å². The van der Waals surface area contributed by atoms with Crippen LogP contribution in [0.2, 0.25) is 0 Å². The molecule has 4 nitrogen and oxygen atoms in total. The number of para-hydroxylation sites is 1. The smallest absolute Gasteiger partial charge is 0.244 e. The van der Waals surface area contributed by atoms with Gasteiger partial charge in [0.25, 0.3) is 0 Å². The molecule has 1 aromatic carbocycles. The maximum Gasteiger partial charge on any atom is 0.244 e. The zero-order valence-electron chi connectivity index (χ0n) is 11.0. The Hall–Kier alpha value is -1.07. The van der Waals surface area contributed by atoms with E-state index in [0.717, 1.165) is 18.8 Å². The lowest BCUT2D eigenvalue weighted by Gasteiger charge is -2.10. The van der Waals surface area contributed by atoms with Gasteiger partial charge in [0.1, 0.15) is 10.6 Å². The zero-order valence-corrected chi connectivity index (χ0v) is 11.8. The molecule has 0 bridgehead atoms. The largest absolute Gasteiger partial charge is 0.507 e. The summed E-state index contributed by atoms with van der Waals surface area (Å²) in [6.07, 6.45) is 7.14. The molecule has 0 saturated heterocycles. The van der Waals surface area contributed by atoms with Crippen molar-refractivity contribution in [2.75, 3.05) is 6.54 Å². The third-order valence-corrected chi connectivity index (χ3v) is 5.22. The number of aromatic hydroxyl groups is 1. The average molecular weight is 283 g/mol. The quantitative estimate of drug-likeness (QED) is 0.789. The van der Waals surface area contributed by atoms with Crippen molar-refractivity contribution in [2.24, 2.45) is 5.92 Å². The molecule has 19 heavy (non-hydrogen) atoms. The first-order valence-electron chi connectivity index (χ1n) is 6.87. The Morgan fingerprint density at radius 3 is 2.58 bits per heavy atom. The fraction of sp³-hybridized carbons (Fsp3) is 0.571. The summed E-state index contributed by atoms with van der Waals surface area (Å²) >= 11 is 0. The molecule has 0 amide bonds. The van der Waals surface area contributed by atoms with Crippen LogP contribution in [-0.2, 0) is 10.0 Å². The predicted octanol–water partition coefficient (Wildman–Crippen LogP) is 2.64. The number of sulfonamides is 1. The minimum atomic E-state index is -3.59. The van der Waals surface area contributed by atoms with Crippen LogP contribution in [0.1, 0.15) is 38.5 Å². The van der Waals surface area contributed by atoms with Gasteiger partial charge in [0, 0.05) is 6.54 Å². The first-order valence-corrected chi connectivity index (χ1v) is 8.35. The number of phenols is 1. The fourth-order valence-electron chi connectivity index (χ4n) is 2.66. The molecule has 0 heterocycles. The summed E-state index contributed by atoms with van der Waals surface area (Å²) in [7, 11) is -3.59. The minimum Gasteiger partial charge on any atom is -0.507 e. The van der Waals surface area contributed by atoms with E-state index in [-0.39, 0.29) is 10.6 Å². The van der Waals surface area contributed by atoms with Gasteiger partial charge in [0.2, 0.25) is 10.0 Å². The van der Waals surface area contributed by atoms with Crippen LogP contribution in [0.3, 0.4) is 0 Å². The van der Waals surface area contributed by atoms with Crippen molar-refractivity contribution < 1.29 is 13.5 Å². The van der Waals surface area contributed by atoms with Crippen molar-refractivity contribution in [1.82, 2.24) is 4.72 Å². The van der Waals surface area contributed by atoms with E-state index in [9.17, 15) is 13.5 Å². The van der Waals surface area contributed by atoms with Crippen molar-refractivity contribution in [3.8, 4) is 5.75 Å². The molecule has 2 N–H and O–H groups in total. The first kappa shape index (κ1) is 14.3. The van der Waals surface area contributed by atoms with Crippen LogP contribution in [0.5, 0.6) is 5.75 Å². The molecule has 2 rings (SSSR count). The maximum atomic E-state index is 12.0. The lowest BCUT2D eigenvalue weighted by molar-refractivity contribution is 0.456. The van der Waals surface area contributed by atoms with Gasteiger partial charge in [-0.25, -0.2) is 13.1 Å². The highest BCUT2D eigenvalue weighted by molar-refractivity contribution is 7.89. The number of rotatable bonds is 6. The van der Waals surface area contributed by atoms with Gasteiger partial charge in [0.05, 0.1) is 0 Å². The monoisotopic (exact) mass is 283 g/mol. The molecule has 5 heteroatoms. The molecular weight excluding hydrogens is 262 g/mol. The number of phenolic OH excluding ortho intramolecular Hbond substituents is 1. The second kappa shape index (κ2) is 6.39. The second-order valence-corrected chi connectivity index (χ2v) is 6.89. The van der Waals surface area contributed by atoms with Crippen LogP contribution in [0.15, 0.2) is 29.2 Å². The molecule has 0 unspecified atom stereocenters. The number of benzene rings is 1. The molecule has 0 spiro atoms. The van der Waals surface area contributed by atoms with E-state index >= 15 is 0 Å². The normalized spacial score (nSPS) is 16.8. The van der Waals surface area contributed by atoms with E-state index in [2.05, 4.69) is 4.72 Å². The highest BCUT2D eigenvalue weighted by atomic mass is 32.2. The molecule has 1 saturated carbocycles. The Morgan fingerprint density at radius 2 is 1.89 bits per heavy atom. The Morgan fingerprint density at radius 1 is 1.21 bits per heavy atom. The summed E-state index contributed by atoms with van der Waals surface area (Å²) in [6, 6.07) is 6.00. The number of hydrogen-bond acceptors (Lipinski definition) is 3. The molecule has 1 fully saturated rings. The van der Waals surface area contributed by atoms with Gasteiger partial charge in [0.15, 0.2) is 0 Å². The van der Waals surface area contributed by atoms with Crippen LogP contribution < -0.4 is 4.72 Å². The van der Waals surface area contributed by atoms with Crippen LogP contribution in [0, 0.1) is 5.92 Å². The predicted molar refractivity (Wildman–Crippen MR) is 74.5 cm³/mol. The van der Waals surface area contributed by atoms with Crippen molar-refractivity contribution in [2.45, 2.75) is 43.4 Å². The van der Waals surface area contributed by atoms with Crippen LogP contribution in [0.25, 0.3) is 0 Å². The van der Waals surface area contributed by atoms with Crippen molar-refractivity contribution in [3.05, 3.63) is 24.3 Å². The lowest BCUT2D eigenvalue weighted by Crippen LogP contribution is -2.25. The van der Waals surface area contributed by atoms with E-state index in [1.54, 1.807) is 12.1 Å². The first-order chi connectivity index (χ1) is 9.09. The Bertz CT molecular complexity index is 507. The fourth-order valence-corrected chi connectivity index (χ4v) is 3.83.